The Morgan fingerprint density at radius 3 is 1.69 bits per heavy atom. The van der Waals surface area contributed by atoms with E-state index in [0.29, 0.717) is 23.4 Å². The molecule has 0 aliphatic rings. The molecule has 9 aromatic carbocycles. The lowest BCUT2D eigenvalue weighted by molar-refractivity contribution is 0.623. The fraction of sp³-hybridized carbons (Fsp3) is 0. The Labute approximate surface area is 332 Å². The van der Waals surface area contributed by atoms with Crippen LogP contribution in [0, 0.1) is 0 Å². The lowest BCUT2D eigenvalue weighted by atomic mass is 9.95. The molecule has 3 heterocycles. The summed E-state index contributed by atoms with van der Waals surface area (Å²) in [5.41, 5.74) is 8.74. The predicted molar refractivity (Wildman–Crippen MR) is 236 cm³/mol. The molecule has 0 saturated carbocycles. The van der Waals surface area contributed by atoms with Crippen molar-refractivity contribution in [1.29, 1.82) is 0 Å². The van der Waals surface area contributed by atoms with Gasteiger partial charge in [-0.2, -0.15) is 0 Å². The summed E-state index contributed by atoms with van der Waals surface area (Å²) in [5, 5.41) is 8.94. The van der Waals surface area contributed by atoms with E-state index in [9.17, 15) is 0 Å². The van der Waals surface area contributed by atoms with Crippen molar-refractivity contribution in [3.05, 3.63) is 188 Å². The van der Waals surface area contributed by atoms with Crippen molar-refractivity contribution < 1.29 is 4.42 Å². The second kappa shape index (κ2) is 12.8. The van der Waals surface area contributed by atoms with E-state index in [4.69, 9.17) is 24.4 Å². The van der Waals surface area contributed by atoms with E-state index in [0.717, 1.165) is 87.8 Å². The first-order valence-electron chi connectivity index (χ1n) is 19.4. The number of nitrogens with zero attached hydrogens (tertiary/aromatic N) is 5. The van der Waals surface area contributed by atoms with E-state index in [1.54, 1.807) is 0 Å². The number of fused-ring (bicyclic) bond motifs is 10. The number of hydrogen-bond donors (Lipinski definition) is 0. The van der Waals surface area contributed by atoms with Gasteiger partial charge in [0.2, 0.25) is 5.89 Å². The van der Waals surface area contributed by atoms with Gasteiger partial charge in [0, 0.05) is 49.5 Å². The summed E-state index contributed by atoms with van der Waals surface area (Å²) in [5.74, 6) is 2.47. The summed E-state index contributed by atoms with van der Waals surface area (Å²) in [6.07, 6.45) is 0. The van der Waals surface area contributed by atoms with Gasteiger partial charge in [-0.25, -0.2) is 19.9 Å². The van der Waals surface area contributed by atoms with Gasteiger partial charge in [0.05, 0.1) is 11.0 Å². The molecule has 12 aromatic rings. The lowest BCUT2D eigenvalue weighted by Crippen LogP contribution is -2.00. The largest absolute Gasteiger partial charge is 0.435 e. The highest BCUT2D eigenvalue weighted by Gasteiger charge is 2.19. The molecule has 58 heavy (non-hydrogen) atoms. The molecule has 0 aliphatic carbocycles. The third kappa shape index (κ3) is 5.12. The number of rotatable bonds is 5. The van der Waals surface area contributed by atoms with E-state index in [2.05, 4.69) is 126 Å². The highest BCUT2D eigenvalue weighted by Crippen LogP contribution is 2.40. The molecule has 0 amide bonds. The van der Waals surface area contributed by atoms with Crippen molar-refractivity contribution in [1.82, 2.24) is 24.5 Å². The van der Waals surface area contributed by atoms with E-state index in [1.807, 2.05) is 66.7 Å². The Morgan fingerprint density at radius 1 is 0.362 bits per heavy atom. The normalized spacial score (nSPS) is 11.8. The Morgan fingerprint density at radius 2 is 0.931 bits per heavy atom. The second-order valence-corrected chi connectivity index (χ2v) is 14.7. The Hall–Kier alpha value is -7.96. The van der Waals surface area contributed by atoms with Crippen LogP contribution in [-0.4, -0.2) is 24.5 Å². The zero-order chi connectivity index (χ0) is 38.2. The Kier molecular flexibility index (Phi) is 7.13. The first kappa shape index (κ1) is 32.3. The number of benzene rings is 9. The van der Waals surface area contributed by atoms with Crippen LogP contribution in [0.4, 0.5) is 0 Å². The molecule has 270 valence electrons. The molecule has 0 fully saturated rings. The van der Waals surface area contributed by atoms with Gasteiger partial charge in [-0.1, -0.05) is 127 Å². The molecule has 6 nitrogen and oxygen atoms in total. The zero-order valence-electron chi connectivity index (χ0n) is 31.0. The van der Waals surface area contributed by atoms with Crippen molar-refractivity contribution in [2.24, 2.45) is 0 Å². The van der Waals surface area contributed by atoms with Gasteiger partial charge in [0.25, 0.3) is 0 Å². The Bertz CT molecular complexity index is 3560. The minimum absolute atomic E-state index is 0.612. The maximum Gasteiger partial charge on any atom is 0.227 e. The van der Waals surface area contributed by atoms with Crippen molar-refractivity contribution in [2.75, 3.05) is 0 Å². The lowest BCUT2D eigenvalue weighted by Gasteiger charge is -2.11. The highest BCUT2D eigenvalue weighted by molar-refractivity contribution is 6.26. The monoisotopic (exact) mass is 741 g/mol. The number of para-hydroxylation sites is 2. The van der Waals surface area contributed by atoms with Gasteiger partial charge in [-0.15, -0.1) is 0 Å². The molecule has 0 bridgehead atoms. The molecule has 0 spiro atoms. The minimum atomic E-state index is 0.612. The molecule has 6 heteroatoms. The molecular formula is C52H31N5O. The quantitative estimate of drug-likeness (QED) is 0.164. The van der Waals surface area contributed by atoms with Crippen molar-refractivity contribution in [3.63, 3.8) is 0 Å². The fourth-order valence-corrected chi connectivity index (χ4v) is 8.51. The maximum atomic E-state index is 6.56. The Balaban J connectivity index is 1.04. The molecule has 0 aliphatic heterocycles. The summed E-state index contributed by atoms with van der Waals surface area (Å²) in [6, 6.07) is 65.2. The van der Waals surface area contributed by atoms with E-state index >= 15 is 0 Å². The van der Waals surface area contributed by atoms with Gasteiger partial charge in [-0.3, -0.25) is 0 Å². The van der Waals surface area contributed by atoms with Gasteiger partial charge < -0.3 is 8.98 Å². The predicted octanol–water partition coefficient (Wildman–Crippen LogP) is 13.2. The van der Waals surface area contributed by atoms with Crippen LogP contribution in [0.1, 0.15) is 0 Å². The summed E-state index contributed by atoms with van der Waals surface area (Å²) in [6.45, 7) is 0. The molecule has 0 unspecified atom stereocenters. The summed E-state index contributed by atoms with van der Waals surface area (Å²) in [4.78, 5) is 20.3. The highest BCUT2D eigenvalue weighted by atomic mass is 16.3. The summed E-state index contributed by atoms with van der Waals surface area (Å²) in [7, 11) is 0. The molecule has 3 aromatic heterocycles. The number of aromatic nitrogens is 5. The smallest absolute Gasteiger partial charge is 0.227 e. The van der Waals surface area contributed by atoms with Crippen LogP contribution in [-0.2, 0) is 0 Å². The van der Waals surface area contributed by atoms with E-state index in [1.165, 1.54) is 5.39 Å². The first-order chi connectivity index (χ1) is 28.7. The summed E-state index contributed by atoms with van der Waals surface area (Å²) < 4.78 is 8.88. The van der Waals surface area contributed by atoms with Gasteiger partial charge in [0.1, 0.15) is 5.52 Å². The SMILES string of the molecule is c1ccc(-c2nc(-c3ccc4c(ccc5ccc6ccc7nc(-c8ccccc8)oc7c6c54)c3)nc(-c3ccc4c(c3)c3ccccc3n4-c3ccccc3)n2)cc1. The van der Waals surface area contributed by atoms with Gasteiger partial charge >= 0.3 is 0 Å². The van der Waals surface area contributed by atoms with Crippen LogP contribution in [0.2, 0.25) is 0 Å². The molecule has 0 atom stereocenters. The fourth-order valence-electron chi connectivity index (χ4n) is 8.51. The number of hydrogen-bond acceptors (Lipinski definition) is 5. The van der Waals surface area contributed by atoms with Crippen molar-refractivity contribution in [3.8, 4) is 51.3 Å². The molecular weight excluding hydrogens is 711 g/mol. The second-order valence-electron chi connectivity index (χ2n) is 14.7. The zero-order valence-corrected chi connectivity index (χ0v) is 31.0. The third-order valence-electron chi connectivity index (χ3n) is 11.2. The standard InChI is InChI=1S/C52H31N5O/c1-4-12-34(13-5-1)49-54-50(56-51(55-49)38-26-29-45-42(31-38)41-18-10-11-19-44(41)57(45)39-16-8-3-9-17-39)37-24-27-40-36(30-37)23-22-32-20-21-33-25-28-43-48(47(33)46(32)40)58-52(53-43)35-14-6-2-7-15-35/h1-31H. The van der Waals surface area contributed by atoms with E-state index < -0.39 is 0 Å². The van der Waals surface area contributed by atoms with Crippen LogP contribution >= 0.6 is 0 Å². The van der Waals surface area contributed by atoms with Crippen molar-refractivity contribution >= 4 is 65.2 Å². The van der Waals surface area contributed by atoms with Crippen LogP contribution < -0.4 is 0 Å². The average molecular weight is 742 g/mol. The van der Waals surface area contributed by atoms with Gasteiger partial charge in [-0.05, 0) is 82.2 Å². The first-order valence-corrected chi connectivity index (χ1v) is 19.4. The average Bonchev–Trinajstić information content (AvgIpc) is 3.89. The van der Waals surface area contributed by atoms with Gasteiger partial charge in [0.15, 0.2) is 23.1 Å². The topological polar surface area (TPSA) is 69.6 Å². The van der Waals surface area contributed by atoms with Crippen molar-refractivity contribution in [2.45, 2.75) is 0 Å². The molecule has 0 N–H and O–H groups in total. The van der Waals surface area contributed by atoms with Crippen LogP contribution in [0.25, 0.3) is 117 Å². The number of oxazole rings is 1. The van der Waals surface area contributed by atoms with E-state index in [-0.39, 0.29) is 0 Å². The van der Waals surface area contributed by atoms with Crippen LogP contribution in [0.5, 0.6) is 0 Å². The molecule has 12 rings (SSSR count). The maximum absolute atomic E-state index is 6.56. The third-order valence-corrected chi connectivity index (χ3v) is 11.2. The summed E-state index contributed by atoms with van der Waals surface area (Å²) >= 11 is 0. The minimum Gasteiger partial charge on any atom is -0.435 e. The molecule has 0 radical (unpaired) electrons. The molecule has 0 saturated heterocycles. The van der Waals surface area contributed by atoms with Crippen LogP contribution in [0.3, 0.4) is 0 Å². The van der Waals surface area contributed by atoms with Crippen LogP contribution in [0.15, 0.2) is 192 Å².